The number of nitrogens with one attached hydrogen (secondary N) is 2. The van der Waals surface area contributed by atoms with Crippen molar-refractivity contribution < 1.29 is 37.0 Å². The van der Waals surface area contributed by atoms with Gasteiger partial charge in [-0.2, -0.15) is 13.2 Å². The molecule has 1 fully saturated rings. The number of carbonyl (C=O) groups is 2. The van der Waals surface area contributed by atoms with Gasteiger partial charge in [-0.05, 0) is 42.5 Å². The van der Waals surface area contributed by atoms with E-state index < -0.39 is 40.1 Å². The molecule has 2 aromatic rings. The largest absolute Gasteiger partial charge is 0.497 e. The Kier molecular flexibility index (Phi) is 6.27. The zero-order valence-corrected chi connectivity index (χ0v) is 17.9. The summed E-state index contributed by atoms with van der Waals surface area (Å²) < 4.78 is 55.0. The highest BCUT2D eigenvalue weighted by Gasteiger charge is 2.41. The fourth-order valence-electron chi connectivity index (χ4n) is 2.80. The Labute approximate surface area is 186 Å². The third kappa shape index (κ3) is 5.25. The maximum absolute atomic E-state index is 13.2. The molecule has 0 bridgehead atoms. The number of methoxy groups -OCH3 is 1. The molecule has 0 aromatic heterocycles. The van der Waals surface area contributed by atoms with Gasteiger partial charge in [0, 0.05) is 25.2 Å². The molecule has 2 N–H and O–H groups in total. The SMILES string of the molecule is COc1ccc(NC(Nc2ccc(Cl)c(C(F)(F)F)c2)=C2C(=O)OC(C)(C)OC2=O)cc1. The molecule has 0 saturated carbocycles. The van der Waals surface area contributed by atoms with Gasteiger partial charge in [-0.15, -0.1) is 0 Å². The van der Waals surface area contributed by atoms with E-state index >= 15 is 0 Å². The molecule has 1 aliphatic heterocycles. The summed E-state index contributed by atoms with van der Waals surface area (Å²) in [4.78, 5) is 25.1. The Balaban J connectivity index is 2.05. The van der Waals surface area contributed by atoms with Crippen molar-refractivity contribution in [2.45, 2.75) is 25.8 Å². The number of alkyl halides is 3. The molecule has 1 aliphatic rings. The van der Waals surface area contributed by atoms with Gasteiger partial charge in [0.05, 0.1) is 17.7 Å². The van der Waals surface area contributed by atoms with Crippen LogP contribution in [0.15, 0.2) is 53.9 Å². The lowest BCUT2D eigenvalue weighted by Crippen LogP contribution is -2.43. The number of halogens is 4. The van der Waals surface area contributed by atoms with Gasteiger partial charge in [-0.25, -0.2) is 9.59 Å². The lowest BCUT2D eigenvalue weighted by molar-refractivity contribution is -0.222. The minimum absolute atomic E-state index is 0.0873. The lowest BCUT2D eigenvalue weighted by atomic mass is 10.1. The molecule has 0 unspecified atom stereocenters. The highest BCUT2D eigenvalue weighted by Crippen LogP contribution is 2.37. The van der Waals surface area contributed by atoms with Crippen molar-refractivity contribution >= 4 is 34.9 Å². The van der Waals surface area contributed by atoms with Crippen molar-refractivity contribution in [1.82, 2.24) is 0 Å². The van der Waals surface area contributed by atoms with Crippen molar-refractivity contribution in [1.29, 1.82) is 0 Å². The van der Waals surface area contributed by atoms with Crippen LogP contribution in [0.2, 0.25) is 5.02 Å². The van der Waals surface area contributed by atoms with Gasteiger partial charge in [0.15, 0.2) is 5.57 Å². The molecule has 3 rings (SSSR count). The summed E-state index contributed by atoms with van der Waals surface area (Å²) >= 11 is 5.67. The van der Waals surface area contributed by atoms with E-state index in [1.54, 1.807) is 24.3 Å². The topological polar surface area (TPSA) is 85.9 Å². The average molecular weight is 471 g/mol. The fraction of sp³-hybridized carbons (Fsp3) is 0.238. The summed E-state index contributed by atoms with van der Waals surface area (Å²) in [5, 5.41) is 4.94. The highest BCUT2D eigenvalue weighted by atomic mass is 35.5. The van der Waals surface area contributed by atoms with Crippen molar-refractivity contribution in [2.24, 2.45) is 0 Å². The zero-order chi connectivity index (χ0) is 23.7. The summed E-state index contributed by atoms with van der Waals surface area (Å²) in [7, 11) is 1.48. The second kappa shape index (κ2) is 8.62. The first-order chi connectivity index (χ1) is 14.9. The van der Waals surface area contributed by atoms with Crippen LogP contribution in [0.1, 0.15) is 19.4 Å². The molecule has 0 spiro atoms. The van der Waals surface area contributed by atoms with Crippen LogP contribution in [0.3, 0.4) is 0 Å². The molecule has 0 radical (unpaired) electrons. The van der Waals surface area contributed by atoms with Crippen LogP contribution in [0.5, 0.6) is 5.75 Å². The van der Waals surface area contributed by atoms with E-state index in [4.69, 9.17) is 25.8 Å². The molecule has 0 amide bonds. The maximum Gasteiger partial charge on any atom is 0.417 e. The Morgan fingerprint density at radius 1 is 0.969 bits per heavy atom. The molecule has 2 aromatic carbocycles. The third-order valence-electron chi connectivity index (χ3n) is 4.24. The van der Waals surface area contributed by atoms with Crippen molar-refractivity contribution in [3.8, 4) is 5.75 Å². The first-order valence-electron chi connectivity index (χ1n) is 9.15. The molecule has 1 heterocycles. The number of cyclic esters (lactones) is 2. The van der Waals surface area contributed by atoms with Gasteiger partial charge in [0.1, 0.15) is 11.6 Å². The van der Waals surface area contributed by atoms with Crippen LogP contribution >= 0.6 is 11.6 Å². The highest BCUT2D eigenvalue weighted by molar-refractivity contribution is 6.31. The second-order valence-corrected chi connectivity index (χ2v) is 7.51. The summed E-state index contributed by atoms with van der Waals surface area (Å²) in [5.41, 5.74) is -1.33. The van der Waals surface area contributed by atoms with Gasteiger partial charge in [-0.3, -0.25) is 0 Å². The second-order valence-electron chi connectivity index (χ2n) is 7.10. The molecule has 7 nitrogen and oxygen atoms in total. The minimum atomic E-state index is -4.71. The van der Waals surface area contributed by atoms with E-state index in [0.717, 1.165) is 12.1 Å². The maximum atomic E-state index is 13.2. The number of carbonyl (C=O) groups excluding carboxylic acids is 2. The van der Waals surface area contributed by atoms with Crippen molar-refractivity contribution in [2.75, 3.05) is 17.7 Å². The van der Waals surface area contributed by atoms with Gasteiger partial charge < -0.3 is 24.8 Å². The Hall–Kier alpha value is -3.40. The first kappa shape index (κ1) is 23.3. The number of benzene rings is 2. The van der Waals surface area contributed by atoms with E-state index in [2.05, 4.69) is 10.6 Å². The monoisotopic (exact) mass is 470 g/mol. The summed E-state index contributed by atoms with van der Waals surface area (Å²) in [5.74, 6) is -3.22. The number of esters is 2. The van der Waals surface area contributed by atoms with Crippen LogP contribution in [0.25, 0.3) is 0 Å². The number of hydrogen-bond donors (Lipinski definition) is 2. The predicted molar refractivity (Wildman–Crippen MR) is 110 cm³/mol. The number of ether oxygens (including phenoxy) is 3. The summed E-state index contributed by atoms with van der Waals surface area (Å²) in [6, 6.07) is 9.42. The summed E-state index contributed by atoms with van der Waals surface area (Å²) in [6.07, 6.45) is -4.71. The quantitative estimate of drug-likeness (QED) is 0.363. The van der Waals surface area contributed by atoms with Crippen LogP contribution in [0.4, 0.5) is 24.5 Å². The van der Waals surface area contributed by atoms with Gasteiger partial charge in [0.2, 0.25) is 0 Å². The molecule has 170 valence electrons. The molecular formula is C21H18ClF3N2O5. The zero-order valence-electron chi connectivity index (χ0n) is 17.1. The molecule has 11 heteroatoms. The number of anilines is 2. The van der Waals surface area contributed by atoms with Crippen LogP contribution in [0, 0.1) is 0 Å². The minimum Gasteiger partial charge on any atom is -0.497 e. The Morgan fingerprint density at radius 2 is 1.50 bits per heavy atom. The number of hydrogen-bond acceptors (Lipinski definition) is 7. The van der Waals surface area contributed by atoms with E-state index in [1.165, 1.54) is 27.0 Å². The lowest BCUT2D eigenvalue weighted by Gasteiger charge is -2.31. The smallest absolute Gasteiger partial charge is 0.417 e. The van der Waals surface area contributed by atoms with Gasteiger partial charge in [0.25, 0.3) is 5.79 Å². The third-order valence-corrected chi connectivity index (χ3v) is 4.57. The Bertz CT molecular complexity index is 1060. The number of rotatable bonds is 5. The Morgan fingerprint density at radius 3 is 2.03 bits per heavy atom. The van der Waals surface area contributed by atoms with Crippen LogP contribution in [-0.2, 0) is 25.2 Å². The molecular weight excluding hydrogens is 453 g/mol. The normalized spacial score (nSPS) is 15.5. The molecule has 1 saturated heterocycles. The van der Waals surface area contributed by atoms with Crippen molar-refractivity contribution in [3.05, 3.63) is 64.4 Å². The van der Waals surface area contributed by atoms with E-state index in [9.17, 15) is 22.8 Å². The summed E-state index contributed by atoms with van der Waals surface area (Å²) in [6.45, 7) is 2.75. The average Bonchev–Trinajstić information content (AvgIpc) is 2.67. The van der Waals surface area contributed by atoms with Crippen molar-refractivity contribution in [3.63, 3.8) is 0 Å². The molecule has 0 atom stereocenters. The van der Waals surface area contributed by atoms with E-state index in [0.29, 0.717) is 11.4 Å². The standard InChI is InChI=1S/C21H18ClF3N2O5/c1-20(2)31-18(28)16(19(29)32-20)17(26-11-4-7-13(30-3)8-5-11)27-12-6-9-15(22)14(10-12)21(23,24)25/h4-10,26-27H,1-3H3. The molecule has 0 aliphatic carbocycles. The predicted octanol–water partition coefficient (Wildman–Crippen LogP) is 4.94. The fourth-order valence-corrected chi connectivity index (χ4v) is 3.02. The molecule has 32 heavy (non-hydrogen) atoms. The van der Waals surface area contributed by atoms with E-state index in [-0.39, 0.29) is 11.5 Å². The van der Waals surface area contributed by atoms with E-state index in [1.807, 2.05) is 0 Å². The van der Waals surface area contributed by atoms with Crippen LogP contribution < -0.4 is 15.4 Å². The van der Waals surface area contributed by atoms with Gasteiger partial charge in [-0.1, -0.05) is 11.6 Å². The van der Waals surface area contributed by atoms with Gasteiger partial charge >= 0.3 is 18.1 Å². The van der Waals surface area contributed by atoms with Crippen LogP contribution in [-0.4, -0.2) is 24.8 Å². The first-order valence-corrected chi connectivity index (χ1v) is 9.53.